The molecule has 2 heterocycles. The molecule has 0 fully saturated rings. The normalized spacial score (nSPS) is 15.9. The average molecular weight is 453 g/mol. The highest BCUT2D eigenvalue weighted by Crippen LogP contribution is 2.32. The molecule has 0 saturated heterocycles. The van der Waals surface area contributed by atoms with Gasteiger partial charge in [0.2, 0.25) is 11.8 Å². The number of rotatable bonds is 6. The minimum Gasteiger partial charge on any atom is -0.380 e. The molecule has 2 amide bonds. The number of aromatic nitrogens is 1. The molecule has 4 rings (SSSR count). The Morgan fingerprint density at radius 2 is 2.06 bits per heavy atom. The quantitative estimate of drug-likeness (QED) is 0.599. The van der Waals surface area contributed by atoms with Gasteiger partial charge in [-0.05, 0) is 34.9 Å². The lowest BCUT2D eigenvalue weighted by molar-refractivity contribution is -0.123. The first kappa shape index (κ1) is 22.2. The van der Waals surface area contributed by atoms with Crippen LogP contribution >= 0.6 is 11.6 Å². The molecule has 0 radical (unpaired) electrons. The summed E-state index contributed by atoms with van der Waals surface area (Å²) < 4.78 is 5.21. The second-order valence-electron chi connectivity index (χ2n) is 7.90. The molecule has 1 atom stereocenters. The minimum atomic E-state index is -0.467. The van der Waals surface area contributed by atoms with Gasteiger partial charge in [0.05, 0.1) is 31.0 Å². The van der Waals surface area contributed by atoms with Crippen molar-refractivity contribution in [3.8, 4) is 0 Å². The fraction of sp³-hybridized carbons (Fsp3) is 0.292. The Balaban J connectivity index is 1.63. The van der Waals surface area contributed by atoms with Crippen molar-refractivity contribution in [1.82, 2.24) is 15.2 Å². The summed E-state index contributed by atoms with van der Waals surface area (Å²) in [6.45, 7) is 1.73. The summed E-state index contributed by atoms with van der Waals surface area (Å²) in [6, 6.07) is 11.5. The number of halogens is 1. The van der Waals surface area contributed by atoms with Gasteiger partial charge in [-0.15, -0.1) is 0 Å². The largest absolute Gasteiger partial charge is 0.380 e. The van der Waals surface area contributed by atoms with Crippen molar-refractivity contribution in [3.63, 3.8) is 0 Å². The third kappa shape index (κ3) is 4.75. The van der Waals surface area contributed by atoms with Crippen LogP contribution in [0, 0.1) is 0 Å². The molecule has 0 aliphatic carbocycles. The molecule has 0 bridgehead atoms. The van der Waals surface area contributed by atoms with E-state index in [0.717, 1.165) is 27.5 Å². The highest BCUT2D eigenvalue weighted by molar-refractivity contribution is 6.30. The molecule has 166 valence electrons. The number of pyridine rings is 1. The number of nitrogens with one attached hydrogen (secondary N) is 2. The van der Waals surface area contributed by atoms with Crippen LogP contribution in [0.1, 0.15) is 22.6 Å². The lowest BCUT2D eigenvalue weighted by atomic mass is 9.89. The van der Waals surface area contributed by atoms with Crippen molar-refractivity contribution in [1.29, 1.82) is 0 Å². The Hall–Kier alpha value is -3.00. The van der Waals surface area contributed by atoms with Gasteiger partial charge in [-0.3, -0.25) is 19.5 Å². The molecule has 1 aliphatic rings. The molecule has 2 N–H and O–H groups in total. The van der Waals surface area contributed by atoms with Crippen LogP contribution in [-0.4, -0.2) is 48.9 Å². The molecule has 1 unspecified atom stereocenters. The zero-order chi connectivity index (χ0) is 22.7. The molecule has 0 saturated carbocycles. The van der Waals surface area contributed by atoms with Crippen LogP contribution in [0.5, 0.6) is 0 Å². The van der Waals surface area contributed by atoms with Crippen LogP contribution < -0.4 is 10.6 Å². The lowest BCUT2D eigenvalue weighted by Crippen LogP contribution is -2.43. The van der Waals surface area contributed by atoms with E-state index in [9.17, 15) is 9.59 Å². The SMILES string of the molecule is CNC(=O)CN1Cc2ccc(Cl)cc2C(C(=O)Nc2cncc3cc(COC)ccc23)C1. The van der Waals surface area contributed by atoms with Gasteiger partial charge in [0, 0.05) is 49.2 Å². The number of hydrogen-bond acceptors (Lipinski definition) is 5. The number of nitrogens with zero attached hydrogens (tertiary/aromatic N) is 2. The number of anilines is 1. The van der Waals surface area contributed by atoms with Gasteiger partial charge in [0.15, 0.2) is 0 Å². The monoisotopic (exact) mass is 452 g/mol. The molecule has 1 aromatic heterocycles. The Bertz CT molecular complexity index is 1170. The maximum absolute atomic E-state index is 13.4. The van der Waals surface area contributed by atoms with Gasteiger partial charge >= 0.3 is 0 Å². The van der Waals surface area contributed by atoms with Crippen molar-refractivity contribution >= 4 is 39.9 Å². The van der Waals surface area contributed by atoms with Gasteiger partial charge in [0.1, 0.15) is 0 Å². The zero-order valence-corrected chi connectivity index (χ0v) is 18.8. The molecule has 3 aromatic rings. The van der Waals surface area contributed by atoms with Crippen LogP contribution in [0.2, 0.25) is 5.02 Å². The third-order valence-electron chi connectivity index (χ3n) is 5.67. The van der Waals surface area contributed by atoms with Crippen molar-refractivity contribution in [2.45, 2.75) is 19.1 Å². The fourth-order valence-corrected chi connectivity index (χ4v) is 4.31. The van der Waals surface area contributed by atoms with Crippen molar-refractivity contribution < 1.29 is 14.3 Å². The summed E-state index contributed by atoms with van der Waals surface area (Å²) in [5.41, 5.74) is 3.55. The van der Waals surface area contributed by atoms with Crippen LogP contribution in [0.3, 0.4) is 0 Å². The van der Waals surface area contributed by atoms with Gasteiger partial charge in [-0.25, -0.2) is 0 Å². The Kier molecular flexibility index (Phi) is 6.69. The van der Waals surface area contributed by atoms with E-state index in [0.29, 0.717) is 30.4 Å². The summed E-state index contributed by atoms with van der Waals surface area (Å²) in [5, 5.41) is 8.10. The number of carbonyl (C=O) groups is 2. The number of hydrogen-bond donors (Lipinski definition) is 2. The molecular formula is C24H25ClN4O3. The summed E-state index contributed by atoms with van der Waals surface area (Å²) in [6.07, 6.45) is 3.42. The molecule has 8 heteroatoms. The molecular weight excluding hydrogens is 428 g/mol. The fourth-order valence-electron chi connectivity index (χ4n) is 4.12. The van der Waals surface area contributed by atoms with E-state index >= 15 is 0 Å². The van der Waals surface area contributed by atoms with E-state index < -0.39 is 5.92 Å². The molecule has 2 aromatic carbocycles. The number of ether oxygens (including phenoxy) is 1. The molecule has 0 spiro atoms. The van der Waals surface area contributed by atoms with E-state index in [1.165, 1.54) is 0 Å². The number of carbonyl (C=O) groups excluding carboxylic acids is 2. The maximum Gasteiger partial charge on any atom is 0.233 e. The molecule has 1 aliphatic heterocycles. The first-order valence-corrected chi connectivity index (χ1v) is 10.7. The molecule has 7 nitrogen and oxygen atoms in total. The van der Waals surface area contributed by atoms with Crippen molar-refractivity contribution in [3.05, 3.63) is 70.5 Å². The summed E-state index contributed by atoms with van der Waals surface area (Å²) in [5.74, 6) is -0.720. The average Bonchev–Trinajstić information content (AvgIpc) is 2.79. The van der Waals surface area contributed by atoms with Crippen LogP contribution in [-0.2, 0) is 27.5 Å². The van der Waals surface area contributed by atoms with E-state index in [1.807, 2.05) is 41.3 Å². The zero-order valence-electron chi connectivity index (χ0n) is 18.0. The Labute approximate surface area is 191 Å². The van der Waals surface area contributed by atoms with Crippen LogP contribution in [0.4, 0.5) is 5.69 Å². The van der Waals surface area contributed by atoms with Crippen molar-refractivity contribution in [2.24, 2.45) is 0 Å². The summed E-state index contributed by atoms with van der Waals surface area (Å²) in [4.78, 5) is 31.6. The lowest BCUT2D eigenvalue weighted by Gasteiger charge is -2.33. The second-order valence-corrected chi connectivity index (χ2v) is 8.34. The highest BCUT2D eigenvalue weighted by atomic mass is 35.5. The second kappa shape index (κ2) is 9.65. The van der Waals surface area contributed by atoms with Gasteiger partial charge in [-0.1, -0.05) is 29.8 Å². The van der Waals surface area contributed by atoms with Crippen LogP contribution in [0.15, 0.2) is 48.8 Å². The highest BCUT2D eigenvalue weighted by Gasteiger charge is 2.31. The van der Waals surface area contributed by atoms with Gasteiger partial charge in [-0.2, -0.15) is 0 Å². The number of likely N-dealkylation sites (N-methyl/N-ethyl adjacent to an activating group) is 1. The number of fused-ring (bicyclic) bond motifs is 2. The van der Waals surface area contributed by atoms with Gasteiger partial charge in [0.25, 0.3) is 0 Å². The predicted molar refractivity (Wildman–Crippen MR) is 125 cm³/mol. The molecule has 32 heavy (non-hydrogen) atoms. The van der Waals surface area contributed by atoms with E-state index in [-0.39, 0.29) is 18.4 Å². The van der Waals surface area contributed by atoms with E-state index in [2.05, 4.69) is 15.6 Å². The first-order chi connectivity index (χ1) is 15.5. The number of amides is 2. The number of benzene rings is 2. The number of methoxy groups -OCH3 is 1. The minimum absolute atomic E-state index is 0.0910. The van der Waals surface area contributed by atoms with E-state index in [1.54, 1.807) is 26.6 Å². The summed E-state index contributed by atoms with van der Waals surface area (Å²) in [7, 11) is 3.26. The Morgan fingerprint density at radius 1 is 1.22 bits per heavy atom. The Morgan fingerprint density at radius 3 is 2.84 bits per heavy atom. The predicted octanol–water partition coefficient (Wildman–Crippen LogP) is 3.32. The standard InChI is InChI=1S/C24H25ClN4O3/c1-26-23(30)13-29-11-16-4-5-18(25)8-20(16)21(12-29)24(31)28-22-10-27-9-17-7-15(14-32-2)3-6-19(17)22/h3-10,21H,11-14H2,1-2H3,(H,26,30)(H,28,31). The van der Waals surface area contributed by atoms with Crippen molar-refractivity contribution in [2.75, 3.05) is 32.6 Å². The van der Waals surface area contributed by atoms with E-state index in [4.69, 9.17) is 16.3 Å². The summed E-state index contributed by atoms with van der Waals surface area (Å²) >= 11 is 6.24. The third-order valence-corrected chi connectivity index (χ3v) is 5.91. The van der Waals surface area contributed by atoms with Gasteiger partial charge < -0.3 is 15.4 Å². The first-order valence-electron chi connectivity index (χ1n) is 10.4. The smallest absolute Gasteiger partial charge is 0.233 e. The van der Waals surface area contributed by atoms with Crippen LogP contribution in [0.25, 0.3) is 10.8 Å². The maximum atomic E-state index is 13.4. The topological polar surface area (TPSA) is 83.6 Å².